The molecule has 1 aliphatic rings. The Hall–Kier alpha value is -0.970. The van der Waals surface area contributed by atoms with Gasteiger partial charge in [0.15, 0.2) is 0 Å². The number of rotatable bonds is 5. The predicted molar refractivity (Wildman–Crippen MR) is 79.1 cm³/mol. The van der Waals surface area contributed by atoms with E-state index < -0.39 is 0 Å². The fraction of sp³-hybridized carbons (Fsp3) is 0.625. The normalized spacial score (nSPS) is 19.2. The van der Waals surface area contributed by atoms with Crippen LogP contribution >= 0.6 is 0 Å². The number of nitrogens with zero attached hydrogens (tertiary/aromatic N) is 1. The maximum Gasteiger partial charge on any atom is 0.123 e. The molecule has 1 aromatic carbocycles. The van der Waals surface area contributed by atoms with E-state index in [1.54, 1.807) is 13.2 Å². The summed E-state index contributed by atoms with van der Waals surface area (Å²) in [5.74, 6) is 0.477. The van der Waals surface area contributed by atoms with Gasteiger partial charge >= 0.3 is 0 Å². The molecule has 1 fully saturated rings. The molecule has 0 bridgehead atoms. The van der Waals surface area contributed by atoms with Gasteiger partial charge in [0.2, 0.25) is 0 Å². The van der Waals surface area contributed by atoms with Gasteiger partial charge in [-0.3, -0.25) is 4.90 Å². The van der Waals surface area contributed by atoms with Crippen molar-refractivity contribution in [2.75, 3.05) is 33.4 Å². The molecule has 1 unspecified atom stereocenters. The van der Waals surface area contributed by atoms with E-state index in [9.17, 15) is 4.39 Å². The first-order valence-electron chi connectivity index (χ1n) is 7.34. The zero-order valence-electron chi connectivity index (χ0n) is 12.4. The second-order valence-electron chi connectivity index (χ2n) is 5.69. The number of nitrogens with two attached hydrogens (primary N) is 1. The van der Waals surface area contributed by atoms with E-state index in [1.165, 1.54) is 6.07 Å². The van der Waals surface area contributed by atoms with Gasteiger partial charge in [-0.1, -0.05) is 6.07 Å². The second kappa shape index (κ2) is 7.16. The Morgan fingerprint density at radius 1 is 1.40 bits per heavy atom. The van der Waals surface area contributed by atoms with Crippen LogP contribution in [0.1, 0.15) is 30.0 Å². The number of aryl methyl sites for hydroxylation is 1. The summed E-state index contributed by atoms with van der Waals surface area (Å²) in [6.45, 7) is 5.44. The highest BCUT2D eigenvalue weighted by molar-refractivity contribution is 5.30. The van der Waals surface area contributed by atoms with Crippen LogP contribution in [0.5, 0.6) is 0 Å². The van der Waals surface area contributed by atoms with Crippen LogP contribution in [0.2, 0.25) is 0 Å². The number of ether oxygens (including phenoxy) is 1. The van der Waals surface area contributed by atoms with Crippen molar-refractivity contribution >= 4 is 0 Å². The number of piperidine rings is 1. The molecule has 112 valence electrons. The number of hydrogen-bond donors (Lipinski definition) is 1. The third kappa shape index (κ3) is 3.57. The molecule has 0 aromatic heterocycles. The smallest absolute Gasteiger partial charge is 0.123 e. The van der Waals surface area contributed by atoms with Crippen LogP contribution in [0.3, 0.4) is 0 Å². The van der Waals surface area contributed by atoms with Gasteiger partial charge in [0.05, 0.1) is 0 Å². The molecule has 2 rings (SSSR count). The zero-order chi connectivity index (χ0) is 14.5. The molecule has 4 heteroatoms. The summed E-state index contributed by atoms with van der Waals surface area (Å²) in [5.41, 5.74) is 8.11. The van der Waals surface area contributed by atoms with Gasteiger partial charge in [-0.15, -0.1) is 0 Å². The van der Waals surface area contributed by atoms with Crippen molar-refractivity contribution in [3.8, 4) is 0 Å². The average molecular weight is 280 g/mol. The zero-order valence-corrected chi connectivity index (χ0v) is 12.4. The van der Waals surface area contributed by atoms with Gasteiger partial charge in [0, 0.05) is 26.3 Å². The Morgan fingerprint density at radius 2 is 2.10 bits per heavy atom. The molecule has 1 aliphatic heterocycles. The third-order valence-corrected chi connectivity index (χ3v) is 4.31. The Bertz CT molecular complexity index is 430. The standard InChI is InChI=1S/C16H25FN2O/c1-12-9-14(17)3-4-15(12)16(10-18)19-7-5-13(6-8-19)11-20-2/h3-4,9,13,16H,5-8,10-11,18H2,1-2H3. The van der Waals surface area contributed by atoms with E-state index in [1.807, 2.05) is 13.0 Å². The Balaban J connectivity index is 2.05. The highest BCUT2D eigenvalue weighted by atomic mass is 19.1. The lowest BCUT2D eigenvalue weighted by Crippen LogP contribution is -2.40. The fourth-order valence-corrected chi connectivity index (χ4v) is 3.15. The monoisotopic (exact) mass is 280 g/mol. The van der Waals surface area contributed by atoms with Crippen LogP contribution in [0.4, 0.5) is 4.39 Å². The summed E-state index contributed by atoms with van der Waals surface area (Å²) in [7, 11) is 1.76. The lowest BCUT2D eigenvalue weighted by Gasteiger charge is -2.37. The molecule has 0 amide bonds. The van der Waals surface area contributed by atoms with Crippen LogP contribution in [0.25, 0.3) is 0 Å². The van der Waals surface area contributed by atoms with E-state index in [4.69, 9.17) is 10.5 Å². The van der Waals surface area contributed by atoms with Gasteiger partial charge < -0.3 is 10.5 Å². The van der Waals surface area contributed by atoms with Crippen LogP contribution in [-0.4, -0.2) is 38.3 Å². The lowest BCUT2D eigenvalue weighted by atomic mass is 9.93. The summed E-state index contributed by atoms with van der Waals surface area (Å²) in [6, 6.07) is 5.20. The van der Waals surface area contributed by atoms with Crippen LogP contribution < -0.4 is 5.73 Å². The molecule has 2 N–H and O–H groups in total. The molecular formula is C16H25FN2O. The molecule has 1 heterocycles. The largest absolute Gasteiger partial charge is 0.384 e. The Labute approximate surface area is 120 Å². The van der Waals surface area contributed by atoms with E-state index in [0.29, 0.717) is 12.5 Å². The summed E-state index contributed by atoms with van der Waals surface area (Å²) in [5, 5.41) is 0. The topological polar surface area (TPSA) is 38.5 Å². The molecule has 0 aliphatic carbocycles. The Kier molecular flexibility index (Phi) is 5.52. The maximum atomic E-state index is 13.2. The Morgan fingerprint density at radius 3 is 2.65 bits per heavy atom. The predicted octanol–water partition coefficient (Wildman–Crippen LogP) is 2.49. The quantitative estimate of drug-likeness (QED) is 0.900. The summed E-state index contributed by atoms with van der Waals surface area (Å²) in [6.07, 6.45) is 2.29. The van der Waals surface area contributed by atoms with Crippen molar-refractivity contribution in [1.82, 2.24) is 4.90 Å². The van der Waals surface area contributed by atoms with Crippen LogP contribution in [0, 0.1) is 18.7 Å². The fourth-order valence-electron chi connectivity index (χ4n) is 3.15. The van der Waals surface area contributed by atoms with Crippen LogP contribution in [0.15, 0.2) is 18.2 Å². The van der Waals surface area contributed by atoms with Gasteiger partial charge in [-0.25, -0.2) is 4.39 Å². The number of likely N-dealkylation sites (tertiary alicyclic amines) is 1. The van der Waals surface area contributed by atoms with Crippen molar-refractivity contribution in [2.45, 2.75) is 25.8 Å². The van der Waals surface area contributed by atoms with Gasteiger partial charge in [0.1, 0.15) is 5.82 Å². The number of methoxy groups -OCH3 is 1. The number of benzene rings is 1. The first-order valence-corrected chi connectivity index (χ1v) is 7.34. The van der Waals surface area contributed by atoms with Crippen molar-refractivity contribution in [2.24, 2.45) is 11.7 Å². The highest BCUT2D eigenvalue weighted by Gasteiger charge is 2.26. The van der Waals surface area contributed by atoms with Gasteiger partial charge in [0.25, 0.3) is 0 Å². The van der Waals surface area contributed by atoms with Gasteiger partial charge in [-0.2, -0.15) is 0 Å². The number of hydrogen-bond acceptors (Lipinski definition) is 3. The van der Waals surface area contributed by atoms with Crippen LogP contribution in [-0.2, 0) is 4.74 Å². The highest BCUT2D eigenvalue weighted by Crippen LogP contribution is 2.28. The molecule has 1 aromatic rings. The van der Waals surface area contributed by atoms with Crippen molar-refractivity contribution in [3.05, 3.63) is 35.1 Å². The first kappa shape index (κ1) is 15.4. The minimum absolute atomic E-state index is 0.180. The van der Waals surface area contributed by atoms with Crippen molar-refractivity contribution in [3.63, 3.8) is 0 Å². The maximum absolute atomic E-state index is 13.2. The average Bonchev–Trinajstić information content (AvgIpc) is 2.44. The summed E-state index contributed by atoms with van der Waals surface area (Å²) in [4.78, 5) is 2.42. The second-order valence-corrected chi connectivity index (χ2v) is 5.69. The SMILES string of the molecule is COCC1CCN(C(CN)c2ccc(F)cc2C)CC1. The minimum atomic E-state index is -0.180. The molecule has 0 radical (unpaired) electrons. The molecule has 0 saturated carbocycles. The van der Waals surface area contributed by atoms with Crippen molar-refractivity contribution in [1.29, 1.82) is 0 Å². The number of halogens is 1. The van der Waals surface area contributed by atoms with E-state index >= 15 is 0 Å². The molecule has 1 atom stereocenters. The van der Waals surface area contributed by atoms with Gasteiger partial charge in [-0.05, 0) is 62.0 Å². The summed E-state index contributed by atoms with van der Waals surface area (Å²) < 4.78 is 18.5. The van der Waals surface area contributed by atoms with E-state index in [0.717, 1.165) is 43.7 Å². The molecule has 0 spiro atoms. The molecule has 1 saturated heterocycles. The molecule has 20 heavy (non-hydrogen) atoms. The minimum Gasteiger partial charge on any atom is -0.384 e. The lowest BCUT2D eigenvalue weighted by molar-refractivity contribution is 0.0809. The molecule has 3 nitrogen and oxygen atoms in total. The third-order valence-electron chi connectivity index (χ3n) is 4.31. The van der Waals surface area contributed by atoms with Crippen molar-refractivity contribution < 1.29 is 9.13 Å². The first-order chi connectivity index (χ1) is 9.65. The van der Waals surface area contributed by atoms with E-state index in [-0.39, 0.29) is 11.9 Å². The summed E-state index contributed by atoms with van der Waals surface area (Å²) >= 11 is 0. The molecular weight excluding hydrogens is 255 g/mol. The van der Waals surface area contributed by atoms with E-state index in [2.05, 4.69) is 4.90 Å².